The molecule has 0 heterocycles. The van der Waals surface area contributed by atoms with Crippen molar-refractivity contribution in [2.45, 2.75) is 91.0 Å². The second-order valence-corrected chi connectivity index (χ2v) is 14.9. The van der Waals surface area contributed by atoms with Gasteiger partial charge in [0.15, 0.2) is 5.78 Å². The molecule has 0 saturated heterocycles. The highest BCUT2D eigenvalue weighted by molar-refractivity contribution is 7.99. The average molecular weight is 693 g/mol. The van der Waals surface area contributed by atoms with Crippen molar-refractivity contribution in [1.82, 2.24) is 21.3 Å². The normalized spacial score (nSPS) is 21.1. The number of aldehydes is 1. The molecule has 0 unspecified atom stereocenters. The molecular weight excluding hydrogens is 644 g/mol. The Morgan fingerprint density at radius 2 is 1.67 bits per heavy atom. The largest absolute Gasteiger partial charge is 0.381 e. The highest BCUT2D eigenvalue weighted by Gasteiger charge is 2.65. The van der Waals surface area contributed by atoms with Crippen molar-refractivity contribution in [3.05, 3.63) is 69.8 Å². The van der Waals surface area contributed by atoms with Crippen molar-refractivity contribution in [3.63, 3.8) is 0 Å². The first-order chi connectivity index (χ1) is 23.1. The minimum atomic E-state index is -1.44. The van der Waals surface area contributed by atoms with E-state index >= 15 is 0 Å². The van der Waals surface area contributed by atoms with E-state index in [0.717, 1.165) is 40.7 Å². The lowest BCUT2D eigenvalue weighted by Gasteiger charge is -2.39. The molecule has 4 amide bonds. The first-order valence-electron chi connectivity index (χ1n) is 16.7. The molecule has 49 heavy (non-hydrogen) atoms. The summed E-state index contributed by atoms with van der Waals surface area (Å²) >= 11 is 1.43. The van der Waals surface area contributed by atoms with E-state index in [9.17, 15) is 33.9 Å². The third-order valence-corrected chi connectivity index (χ3v) is 10.7. The molecule has 1 aromatic rings. The number of hydrogen-bond donors (Lipinski definition) is 5. The minimum absolute atomic E-state index is 0.0213. The maximum absolute atomic E-state index is 13.5. The molecule has 4 rings (SSSR count). The van der Waals surface area contributed by atoms with Crippen molar-refractivity contribution in [1.29, 1.82) is 0 Å². The number of benzene rings is 1. The van der Waals surface area contributed by atoms with Crippen molar-refractivity contribution in [2.24, 2.45) is 11.3 Å². The van der Waals surface area contributed by atoms with E-state index < -0.39 is 52.8 Å². The summed E-state index contributed by atoms with van der Waals surface area (Å²) in [6.07, 6.45) is 4.58. The van der Waals surface area contributed by atoms with Crippen LogP contribution in [0.1, 0.15) is 66.4 Å². The van der Waals surface area contributed by atoms with Crippen LogP contribution in [0.5, 0.6) is 0 Å². The number of thioether (sulfide) groups is 1. The summed E-state index contributed by atoms with van der Waals surface area (Å²) in [7, 11) is 0. The Morgan fingerprint density at radius 1 is 1.00 bits per heavy atom. The van der Waals surface area contributed by atoms with Crippen LogP contribution in [0.15, 0.2) is 64.3 Å². The van der Waals surface area contributed by atoms with E-state index in [4.69, 9.17) is 0 Å². The van der Waals surface area contributed by atoms with Crippen LogP contribution in [0, 0.1) is 11.3 Å². The number of rotatable bonds is 16. The van der Waals surface area contributed by atoms with Crippen LogP contribution in [0.25, 0.3) is 0 Å². The van der Waals surface area contributed by atoms with E-state index in [-0.39, 0.29) is 30.4 Å². The zero-order valence-electron chi connectivity index (χ0n) is 29.1. The van der Waals surface area contributed by atoms with Gasteiger partial charge in [0, 0.05) is 29.4 Å². The molecule has 12 heteroatoms. The van der Waals surface area contributed by atoms with E-state index in [1.165, 1.54) is 18.7 Å². The maximum Gasteiger partial charge on any atom is 0.244 e. The molecule has 3 aliphatic rings. The van der Waals surface area contributed by atoms with E-state index in [1.807, 2.05) is 64.1 Å². The molecule has 4 atom stereocenters. The molecule has 0 aromatic heterocycles. The number of fused-ring (bicyclic) bond motifs is 1. The zero-order chi connectivity index (χ0) is 36.1. The Morgan fingerprint density at radius 3 is 2.27 bits per heavy atom. The highest BCUT2D eigenvalue weighted by atomic mass is 32.2. The third-order valence-electron chi connectivity index (χ3n) is 9.67. The molecule has 0 aliphatic heterocycles. The van der Waals surface area contributed by atoms with Crippen LogP contribution in [-0.4, -0.2) is 82.6 Å². The second-order valence-electron chi connectivity index (χ2n) is 13.9. The van der Waals surface area contributed by atoms with Crippen LogP contribution in [-0.2, 0) is 35.2 Å². The lowest BCUT2D eigenvalue weighted by Crippen LogP contribution is -2.55. The van der Waals surface area contributed by atoms with Crippen molar-refractivity contribution < 1.29 is 33.9 Å². The molecule has 264 valence electrons. The van der Waals surface area contributed by atoms with Gasteiger partial charge < -0.3 is 31.2 Å². The van der Waals surface area contributed by atoms with E-state index in [1.54, 1.807) is 6.92 Å². The summed E-state index contributed by atoms with van der Waals surface area (Å²) in [6, 6.07) is 6.55. The molecular formula is C37H48N4O7S. The number of hydrogen-bond acceptors (Lipinski definition) is 8. The second kappa shape index (κ2) is 15.7. The van der Waals surface area contributed by atoms with Gasteiger partial charge in [0.05, 0.1) is 12.6 Å². The lowest BCUT2D eigenvalue weighted by molar-refractivity contribution is -0.137. The number of nitrogens with one attached hydrogen (secondary N) is 4. The van der Waals surface area contributed by atoms with Crippen molar-refractivity contribution in [2.75, 3.05) is 18.1 Å². The predicted octanol–water partition coefficient (Wildman–Crippen LogP) is 2.48. The van der Waals surface area contributed by atoms with Gasteiger partial charge in [0.1, 0.15) is 24.0 Å². The molecule has 11 nitrogen and oxygen atoms in total. The fourth-order valence-corrected chi connectivity index (χ4v) is 8.00. The van der Waals surface area contributed by atoms with Crippen molar-refractivity contribution >= 4 is 47.5 Å². The number of allylic oxidation sites excluding steroid dienone is 3. The van der Waals surface area contributed by atoms with Crippen LogP contribution < -0.4 is 21.3 Å². The van der Waals surface area contributed by atoms with Gasteiger partial charge in [-0.1, -0.05) is 49.8 Å². The number of aliphatic hydroxyl groups is 1. The Balaban J connectivity index is 1.36. The predicted molar refractivity (Wildman–Crippen MR) is 188 cm³/mol. The van der Waals surface area contributed by atoms with E-state index in [0.29, 0.717) is 24.0 Å². The Bertz CT molecular complexity index is 1590. The maximum atomic E-state index is 13.5. The molecule has 1 saturated carbocycles. The average Bonchev–Trinajstić information content (AvgIpc) is 3.80. The van der Waals surface area contributed by atoms with Gasteiger partial charge >= 0.3 is 0 Å². The van der Waals surface area contributed by atoms with Crippen molar-refractivity contribution in [3.8, 4) is 0 Å². The van der Waals surface area contributed by atoms with Gasteiger partial charge in [-0.2, -0.15) is 11.8 Å². The molecule has 5 N–H and O–H groups in total. The minimum Gasteiger partial charge on any atom is -0.381 e. The topological polar surface area (TPSA) is 171 Å². The Kier molecular flexibility index (Phi) is 12.1. The summed E-state index contributed by atoms with van der Waals surface area (Å²) < 4.78 is 0. The number of Topliss-reactive ketones (excluding diaryl/α,β-unsaturated/α-hetero) is 1. The first-order valence-corrected chi connectivity index (χ1v) is 17.9. The molecule has 3 aliphatic carbocycles. The summed E-state index contributed by atoms with van der Waals surface area (Å²) in [5, 5.41) is 21.8. The lowest BCUT2D eigenvalue weighted by atomic mass is 9.67. The Labute approximate surface area is 292 Å². The molecule has 0 bridgehead atoms. The SMILES string of the molecule is CC(=O)N[C@@H](CSCC1=C(C)C=C2C(=O)[C@](C)(O)C3(CC3)C(C)=C21)C(=O)N[C@@H](CC(C)C)C(=O)NCC(=O)N[C@@H](C=O)Cc1ccccc1. The molecule has 1 fully saturated rings. The molecule has 0 radical (unpaired) electrons. The number of amides is 4. The van der Waals surface area contributed by atoms with Gasteiger partial charge in [0.2, 0.25) is 23.6 Å². The summed E-state index contributed by atoms with van der Waals surface area (Å²) in [5.41, 5.74) is 3.23. The van der Waals surface area contributed by atoms with E-state index in [2.05, 4.69) is 21.3 Å². The third kappa shape index (κ3) is 8.59. The summed E-state index contributed by atoms with van der Waals surface area (Å²) in [4.78, 5) is 76.3. The van der Waals surface area contributed by atoms with Gasteiger partial charge in [0.25, 0.3) is 0 Å². The number of carbonyl (C=O) groups is 6. The smallest absolute Gasteiger partial charge is 0.244 e. The summed E-state index contributed by atoms with van der Waals surface area (Å²) in [5.74, 6) is -1.61. The van der Waals surface area contributed by atoms with Gasteiger partial charge in [-0.3, -0.25) is 24.0 Å². The van der Waals surface area contributed by atoms with Gasteiger partial charge in [-0.05, 0) is 80.7 Å². The quantitative estimate of drug-likeness (QED) is 0.165. The zero-order valence-corrected chi connectivity index (χ0v) is 29.9. The monoisotopic (exact) mass is 692 g/mol. The molecule has 1 spiro atoms. The van der Waals surface area contributed by atoms with Crippen LogP contribution in [0.4, 0.5) is 0 Å². The standard InChI is InChI=1S/C37H48N4O7S/c1-21(2)14-29(34(46)38-17-31(44)40-26(18-42)16-25-10-8-7-9-11-25)41-35(47)30(39-24(5)43)20-49-19-28-22(3)15-27-32(28)23(4)37(12-13-37)36(6,48)33(27)45/h7-11,15,18,21,26,29-30,48H,12-14,16-17,19-20H2,1-6H3,(H,38,46)(H,39,43)(H,40,44)(H,41,47)/t26-,29+,30+,36+/m1/s1. The highest BCUT2D eigenvalue weighted by Crippen LogP contribution is 2.65. The number of ketones is 1. The first kappa shape index (κ1) is 37.8. The van der Waals surface area contributed by atoms with Crippen LogP contribution in [0.3, 0.4) is 0 Å². The fourth-order valence-electron chi connectivity index (χ4n) is 6.83. The summed E-state index contributed by atoms with van der Waals surface area (Å²) in [6.45, 7) is 10.3. The van der Waals surface area contributed by atoms with Crippen LogP contribution >= 0.6 is 11.8 Å². The number of carbonyl (C=O) groups excluding carboxylic acids is 6. The van der Waals surface area contributed by atoms with Crippen LogP contribution in [0.2, 0.25) is 0 Å². The Hall–Kier alpha value is -4.03. The molecule has 1 aromatic carbocycles. The fraction of sp³-hybridized carbons (Fsp3) is 0.514. The van der Waals surface area contributed by atoms with Gasteiger partial charge in [-0.25, -0.2) is 0 Å². The van der Waals surface area contributed by atoms with Gasteiger partial charge in [-0.15, -0.1) is 0 Å².